The number of allylic oxidation sites excluding steroid dienone is 1. The van der Waals surface area contributed by atoms with E-state index in [1.807, 2.05) is 0 Å². The maximum absolute atomic E-state index is 13.4. The van der Waals surface area contributed by atoms with E-state index < -0.39 is 17.5 Å². The quantitative estimate of drug-likeness (QED) is 0.377. The molecule has 0 aliphatic carbocycles. The first-order valence-corrected chi connectivity index (χ1v) is 5.16. The minimum Gasteiger partial charge on any atom is -0.365 e. The molecule has 17 heavy (non-hydrogen) atoms. The minimum absolute atomic E-state index is 0.128. The van der Waals surface area contributed by atoms with Gasteiger partial charge < -0.3 is 5.73 Å². The molecule has 0 saturated carbocycles. The molecule has 0 heterocycles. The molecule has 0 radical (unpaired) electrons. The third-order valence-electron chi connectivity index (χ3n) is 2.55. The van der Waals surface area contributed by atoms with Crippen LogP contribution in [-0.4, -0.2) is 11.7 Å². The number of aryl methyl sites for hydroxylation is 2. The van der Waals surface area contributed by atoms with Gasteiger partial charge in [-0.1, -0.05) is 12.1 Å². The maximum atomic E-state index is 13.4. The first kappa shape index (κ1) is 13.1. The number of ketones is 1. The van der Waals surface area contributed by atoms with Gasteiger partial charge in [0.05, 0.1) is 5.57 Å². The number of halogens is 1. The van der Waals surface area contributed by atoms with E-state index in [2.05, 4.69) is 0 Å². The van der Waals surface area contributed by atoms with Gasteiger partial charge >= 0.3 is 0 Å². The molecule has 1 aromatic carbocycles. The predicted molar refractivity (Wildman–Crippen MR) is 63.2 cm³/mol. The topological polar surface area (TPSA) is 60.2 Å². The lowest BCUT2D eigenvalue weighted by atomic mass is 9.97. The van der Waals surface area contributed by atoms with Crippen LogP contribution in [0.5, 0.6) is 0 Å². The number of carbonyl (C=O) groups is 2. The summed E-state index contributed by atoms with van der Waals surface area (Å²) in [4.78, 5) is 23.0. The Morgan fingerprint density at radius 3 is 2.29 bits per heavy atom. The van der Waals surface area contributed by atoms with Crippen LogP contribution in [0.15, 0.2) is 23.8 Å². The highest BCUT2D eigenvalue weighted by Gasteiger charge is 2.19. The molecule has 0 aliphatic rings. The van der Waals surface area contributed by atoms with Gasteiger partial charge in [0, 0.05) is 5.56 Å². The Kier molecular flexibility index (Phi) is 3.78. The molecular formula is C13H14FNO2. The summed E-state index contributed by atoms with van der Waals surface area (Å²) in [6.07, 6.45) is 1.34. The average Bonchev–Trinajstić information content (AvgIpc) is 2.23. The summed E-state index contributed by atoms with van der Waals surface area (Å²) in [6, 6.07) is 2.70. The summed E-state index contributed by atoms with van der Waals surface area (Å²) in [7, 11) is 0. The Labute approximate surface area is 99.1 Å². The molecule has 0 aliphatic heterocycles. The summed E-state index contributed by atoms with van der Waals surface area (Å²) in [5.41, 5.74) is 6.20. The number of carbonyl (C=O) groups excluding carboxylic acids is 2. The molecule has 4 heteroatoms. The number of hydrogen-bond donors (Lipinski definition) is 1. The van der Waals surface area contributed by atoms with Crippen LogP contribution in [0.25, 0.3) is 0 Å². The molecule has 0 spiro atoms. The first-order chi connectivity index (χ1) is 7.88. The Hall–Kier alpha value is -1.97. The average molecular weight is 235 g/mol. The number of primary amides is 1. The van der Waals surface area contributed by atoms with E-state index in [1.54, 1.807) is 19.9 Å². The molecule has 90 valence electrons. The molecule has 1 rings (SSSR count). The van der Waals surface area contributed by atoms with Crippen molar-refractivity contribution in [3.05, 3.63) is 46.3 Å². The van der Waals surface area contributed by atoms with Crippen LogP contribution in [-0.2, 0) is 4.79 Å². The van der Waals surface area contributed by atoms with Gasteiger partial charge in [0.1, 0.15) is 5.82 Å². The Morgan fingerprint density at radius 1 is 1.24 bits per heavy atom. The normalized spacial score (nSPS) is 11.4. The molecule has 3 nitrogen and oxygen atoms in total. The molecule has 1 amide bonds. The van der Waals surface area contributed by atoms with Gasteiger partial charge in [-0.15, -0.1) is 0 Å². The Morgan fingerprint density at radius 2 is 1.82 bits per heavy atom. The van der Waals surface area contributed by atoms with E-state index in [-0.39, 0.29) is 11.1 Å². The van der Waals surface area contributed by atoms with Crippen molar-refractivity contribution in [2.75, 3.05) is 0 Å². The van der Waals surface area contributed by atoms with E-state index in [0.717, 1.165) is 6.07 Å². The van der Waals surface area contributed by atoms with Crippen LogP contribution in [0.3, 0.4) is 0 Å². The van der Waals surface area contributed by atoms with Gasteiger partial charge in [0.15, 0.2) is 5.78 Å². The number of Topliss-reactive ketones (excluding diaryl/α,β-unsaturated/α-hetero) is 1. The fraction of sp³-hybridized carbons (Fsp3) is 0.231. The van der Waals surface area contributed by atoms with E-state index in [9.17, 15) is 14.0 Å². The van der Waals surface area contributed by atoms with E-state index >= 15 is 0 Å². The van der Waals surface area contributed by atoms with Crippen LogP contribution < -0.4 is 5.73 Å². The van der Waals surface area contributed by atoms with Gasteiger partial charge in [-0.3, -0.25) is 9.59 Å². The number of hydrogen-bond acceptors (Lipinski definition) is 2. The van der Waals surface area contributed by atoms with Crippen LogP contribution in [0.1, 0.15) is 28.4 Å². The van der Waals surface area contributed by atoms with Crippen LogP contribution in [0.2, 0.25) is 0 Å². The second kappa shape index (κ2) is 4.91. The lowest BCUT2D eigenvalue weighted by molar-refractivity contribution is -0.114. The minimum atomic E-state index is -0.808. The van der Waals surface area contributed by atoms with Crippen molar-refractivity contribution >= 4 is 11.7 Å². The zero-order chi connectivity index (χ0) is 13.2. The molecule has 0 fully saturated rings. The molecule has 0 bridgehead atoms. The predicted octanol–water partition coefficient (Wildman–Crippen LogP) is 2.06. The fourth-order valence-electron chi connectivity index (χ4n) is 1.60. The fourth-order valence-corrected chi connectivity index (χ4v) is 1.60. The monoisotopic (exact) mass is 235 g/mol. The maximum Gasteiger partial charge on any atom is 0.252 e. The lowest BCUT2D eigenvalue weighted by Crippen LogP contribution is -2.21. The SMILES string of the molecule is C/C=C(/C(N)=O)C(=O)c1cc(F)c(C)cc1C. The number of amides is 1. The number of rotatable bonds is 3. The Bertz CT molecular complexity index is 518. The third kappa shape index (κ3) is 2.58. The summed E-state index contributed by atoms with van der Waals surface area (Å²) < 4.78 is 13.4. The molecule has 2 N–H and O–H groups in total. The van der Waals surface area contributed by atoms with Crippen LogP contribution in [0, 0.1) is 19.7 Å². The third-order valence-corrected chi connectivity index (χ3v) is 2.55. The van der Waals surface area contributed by atoms with Gasteiger partial charge in [-0.25, -0.2) is 4.39 Å². The molecular weight excluding hydrogens is 221 g/mol. The molecule has 1 aromatic rings. The lowest BCUT2D eigenvalue weighted by Gasteiger charge is -2.07. The highest BCUT2D eigenvalue weighted by atomic mass is 19.1. The largest absolute Gasteiger partial charge is 0.365 e. The summed E-state index contributed by atoms with van der Waals surface area (Å²) in [5, 5.41) is 0. The molecule has 0 atom stereocenters. The summed E-state index contributed by atoms with van der Waals surface area (Å²) in [6.45, 7) is 4.84. The zero-order valence-electron chi connectivity index (χ0n) is 10.0. The van der Waals surface area contributed by atoms with Gasteiger partial charge in [0.25, 0.3) is 5.91 Å². The van der Waals surface area contributed by atoms with Crippen molar-refractivity contribution in [3.8, 4) is 0 Å². The zero-order valence-corrected chi connectivity index (χ0v) is 10.0. The smallest absolute Gasteiger partial charge is 0.252 e. The highest BCUT2D eigenvalue weighted by Crippen LogP contribution is 2.18. The van der Waals surface area contributed by atoms with Gasteiger partial charge in [-0.05, 0) is 38.0 Å². The second-order valence-electron chi connectivity index (χ2n) is 3.81. The van der Waals surface area contributed by atoms with E-state index in [0.29, 0.717) is 11.1 Å². The highest BCUT2D eigenvalue weighted by molar-refractivity contribution is 6.25. The van der Waals surface area contributed by atoms with Gasteiger partial charge in [-0.2, -0.15) is 0 Å². The van der Waals surface area contributed by atoms with Crippen LogP contribution >= 0.6 is 0 Å². The molecule has 0 aromatic heterocycles. The van der Waals surface area contributed by atoms with Crippen molar-refractivity contribution < 1.29 is 14.0 Å². The van der Waals surface area contributed by atoms with Crippen molar-refractivity contribution in [1.82, 2.24) is 0 Å². The summed E-state index contributed by atoms with van der Waals surface area (Å²) in [5.74, 6) is -1.83. The van der Waals surface area contributed by atoms with Crippen molar-refractivity contribution in [2.24, 2.45) is 5.73 Å². The second-order valence-corrected chi connectivity index (χ2v) is 3.81. The van der Waals surface area contributed by atoms with E-state index in [1.165, 1.54) is 13.0 Å². The van der Waals surface area contributed by atoms with Crippen molar-refractivity contribution in [2.45, 2.75) is 20.8 Å². The first-order valence-electron chi connectivity index (χ1n) is 5.16. The standard InChI is InChI=1S/C13H14FNO2/c1-4-9(13(15)17)12(16)10-6-11(14)8(3)5-7(10)2/h4-6H,1-3H3,(H2,15,17)/b9-4+. The van der Waals surface area contributed by atoms with E-state index in [4.69, 9.17) is 5.73 Å². The Balaban J connectivity index is 3.31. The number of benzene rings is 1. The van der Waals surface area contributed by atoms with Crippen molar-refractivity contribution in [1.29, 1.82) is 0 Å². The number of nitrogens with two attached hydrogens (primary N) is 1. The van der Waals surface area contributed by atoms with Crippen molar-refractivity contribution in [3.63, 3.8) is 0 Å². The molecule has 0 saturated heterocycles. The van der Waals surface area contributed by atoms with Crippen LogP contribution in [0.4, 0.5) is 4.39 Å². The summed E-state index contributed by atoms with van der Waals surface area (Å²) >= 11 is 0. The molecule has 0 unspecified atom stereocenters. The van der Waals surface area contributed by atoms with Gasteiger partial charge in [0.2, 0.25) is 0 Å².